The smallest absolute Gasteiger partial charge is 0.400 e. The largest absolute Gasteiger partial charge is 0.487 e. The molecule has 0 spiro atoms. The summed E-state index contributed by atoms with van der Waals surface area (Å²) in [5, 5.41) is 0.489. The highest BCUT2D eigenvalue weighted by molar-refractivity contribution is 6.52. The zero-order valence-electron chi connectivity index (χ0n) is 11.1. The van der Waals surface area contributed by atoms with E-state index in [4.69, 9.17) is 20.9 Å². The lowest BCUT2D eigenvalue weighted by molar-refractivity contribution is 0.00578. The molecule has 0 unspecified atom stereocenters. The maximum atomic E-state index is 5.85. The Bertz CT molecular complexity index is 441. The van der Waals surface area contributed by atoms with Gasteiger partial charge in [-0.3, -0.25) is 0 Å². The first-order valence-electron chi connectivity index (χ1n) is 5.96. The van der Waals surface area contributed by atoms with Gasteiger partial charge in [-0.25, -0.2) is 4.98 Å². The van der Waals surface area contributed by atoms with Crippen LogP contribution in [0.25, 0.3) is 6.08 Å². The van der Waals surface area contributed by atoms with Gasteiger partial charge in [0.2, 0.25) is 0 Å². The van der Waals surface area contributed by atoms with Crippen molar-refractivity contribution in [1.29, 1.82) is 0 Å². The molecule has 1 aromatic rings. The molecular weight excluding hydrogens is 248 g/mol. The van der Waals surface area contributed by atoms with Gasteiger partial charge in [-0.05, 0) is 39.3 Å². The number of pyridine rings is 1. The van der Waals surface area contributed by atoms with E-state index in [1.165, 1.54) is 0 Å². The van der Waals surface area contributed by atoms with Gasteiger partial charge in [-0.15, -0.1) is 0 Å². The molecule has 2 heterocycles. The summed E-state index contributed by atoms with van der Waals surface area (Å²) in [5.41, 5.74) is 0.356. The third kappa shape index (κ3) is 2.77. The predicted octanol–water partition coefficient (Wildman–Crippen LogP) is 3.38. The number of hydrogen-bond acceptors (Lipinski definition) is 3. The Morgan fingerprint density at radius 2 is 1.78 bits per heavy atom. The predicted molar refractivity (Wildman–Crippen MR) is 74.4 cm³/mol. The fourth-order valence-electron chi connectivity index (χ4n) is 1.64. The maximum absolute atomic E-state index is 5.85. The Hall–Kier alpha value is -0.835. The molecule has 1 saturated heterocycles. The standard InChI is InChI=1S/C13H17BClNO2/c1-12(2)13(3,4)18-14(17-12)8-7-10-5-6-11(15)16-9-10/h5-9H,1-4H3. The fourth-order valence-corrected chi connectivity index (χ4v) is 1.75. The van der Waals surface area contributed by atoms with Crippen LogP contribution in [0.4, 0.5) is 0 Å². The average molecular weight is 266 g/mol. The summed E-state index contributed by atoms with van der Waals surface area (Å²) in [5.74, 6) is 1.89. The van der Waals surface area contributed by atoms with E-state index in [-0.39, 0.29) is 18.3 Å². The molecule has 0 radical (unpaired) electrons. The van der Waals surface area contributed by atoms with Crippen LogP contribution in [-0.2, 0) is 9.31 Å². The summed E-state index contributed by atoms with van der Waals surface area (Å²) in [6, 6.07) is 3.66. The van der Waals surface area contributed by atoms with Crippen LogP contribution in [0, 0.1) is 0 Å². The minimum Gasteiger partial charge on any atom is -0.400 e. The van der Waals surface area contributed by atoms with E-state index in [1.807, 2.05) is 45.8 Å². The zero-order valence-corrected chi connectivity index (χ0v) is 11.9. The Morgan fingerprint density at radius 3 is 2.28 bits per heavy atom. The molecule has 3 nitrogen and oxygen atoms in total. The van der Waals surface area contributed by atoms with Gasteiger partial charge >= 0.3 is 7.12 Å². The first-order chi connectivity index (χ1) is 8.30. The van der Waals surface area contributed by atoms with Gasteiger partial charge in [0.25, 0.3) is 0 Å². The summed E-state index contributed by atoms with van der Waals surface area (Å²) in [6.07, 6.45) is 3.63. The third-order valence-electron chi connectivity index (χ3n) is 3.47. The number of halogens is 1. The molecule has 5 heteroatoms. The third-order valence-corrected chi connectivity index (χ3v) is 3.69. The second-order valence-corrected chi connectivity index (χ2v) is 5.79. The second-order valence-electron chi connectivity index (χ2n) is 5.40. The molecule has 2 rings (SSSR count). The monoisotopic (exact) mass is 265 g/mol. The molecule has 1 aliphatic rings. The molecule has 18 heavy (non-hydrogen) atoms. The molecule has 0 N–H and O–H groups in total. The maximum Gasteiger partial charge on any atom is 0.487 e. The van der Waals surface area contributed by atoms with Crippen LogP contribution in [0.2, 0.25) is 5.15 Å². The SMILES string of the molecule is CC1(C)OB(C=Cc2ccc(Cl)nc2)OC1(C)C. The van der Waals surface area contributed by atoms with Crippen LogP contribution in [0.5, 0.6) is 0 Å². The van der Waals surface area contributed by atoms with E-state index >= 15 is 0 Å². The molecular formula is C13H17BClNO2. The number of rotatable bonds is 2. The van der Waals surface area contributed by atoms with E-state index in [9.17, 15) is 0 Å². The van der Waals surface area contributed by atoms with Crippen molar-refractivity contribution in [2.24, 2.45) is 0 Å². The second kappa shape index (κ2) is 4.69. The highest BCUT2D eigenvalue weighted by Gasteiger charge is 2.49. The summed E-state index contributed by atoms with van der Waals surface area (Å²) < 4.78 is 11.7. The minimum atomic E-state index is -0.328. The van der Waals surface area contributed by atoms with Gasteiger partial charge in [0.05, 0.1) is 11.2 Å². The lowest BCUT2D eigenvalue weighted by atomic mass is 9.89. The molecule has 1 fully saturated rings. The van der Waals surface area contributed by atoms with E-state index in [0.29, 0.717) is 5.15 Å². The van der Waals surface area contributed by atoms with Crippen molar-refractivity contribution in [3.63, 3.8) is 0 Å². The molecule has 0 aliphatic carbocycles. The first-order valence-corrected chi connectivity index (χ1v) is 6.33. The normalized spacial score (nSPS) is 21.7. The first kappa shape index (κ1) is 13.6. The average Bonchev–Trinajstić information content (AvgIpc) is 2.47. The van der Waals surface area contributed by atoms with Gasteiger partial charge in [-0.1, -0.05) is 29.7 Å². The summed E-state index contributed by atoms with van der Waals surface area (Å²) in [7, 11) is -0.328. The number of nitrogens with zero attached hydrogens (tertiary/aromatic N) is 1. The Morgan fingerprint density at radius 1 is 1.17 bits per heavy atom. The van der Waals surface area contributed by atoms with Crippen molar-refractivity contribution in [2.45, 2.75) is 38.9 Å². The van der Waals surface area contributed by atoms with Crippen molar-refractivity contribution in [3.05, 3.63) is 35.0 Å². The summed E-state index contributed by atoms with van der Waals surface area (Å²) in [6.45, 7) is 8.13. The molecule has 96 valence electrons. The van der Waals surface area contributed by atoms with Crippen molar-refractivity contribution in [1.82, 2.24) is 4.98 Å². The number of aromatic nitrogens is 1. The van der Waals surface area contributed by atoms with Crippen molar-refractivity contribution >= 4 is 24.8 Å². The highest BCUT2D eigenvalue weighted by Crippen LogP contribution is 2.36. The van der Waals surface area contributed by atoms with E-state index in [1.54, 1.807) is 12.3 Å². The lowest BCUT2D eigenvalue weighted by Crippen LogP contribution is -2.41. The highest BCUT2D eigenvalue weighted by atomic mass is 35.5. The quantitative estimate of drug-likeness (QED) is 0.607. The molecule has 0 amide bonds. The molecule has 0 aromatic carbocycles. The van der Waals surface area contributed by atoms with Gasteiger partial charge in [-0.2, -0.15) is 0 Å². The Kier molecular flexibility index (Phi) is 3.54. The summed E-state index contributed by atoms with van der Waals surface area (Å²) in [4.78, 5) is 4.01. The van der Waals surface area contributed by atoms with Gasteiger partial charge in [0.15, 0.2) is 0 Å². The number of hydrogen-bond donors (Lipinski definition) is 0. The van der Waals surface area contributed by atoms with Crippen molar-refractivity contribution in [2.75, 3.05) is 0 Å². The van der Waals surface area contributed by atoms with Crippen molar-refractivity contribution < 1.29 is 9.31 Å². The van der Waals surface area contributed by atoms with Crippen LogP contribution in [0.1, 0.15) is 33.3 Å². The van der Waals surface area contributed by atoms with Crippen LogP contribution in [0.15, 0.2) is 24.3 Å². The van der Waals surface area contributed by atoms with Crippen LogP contribution in [-0.4, -0.2) is 23.3 Å². The summed E-state index contributed by atoms with van der Waals surface area (Å²) >= 11 is 5.73. The van der Waals surface area contributed by atoms with E-state index in [0.717, 1.165) is 5.56 Å². The minimum absolute atomic E-state index is 0.305. The lowest BCUT2D eigenvalue weighted by Gasteiger charge is -2.32. The van der Waals surface area contributed by atoms with Crippen LogP contribution < -0.4 is 0 Å². The molecule has 0 saturated carbocycles. The van der Waals surface area contributed by atoms with Gasteiger partial charge < -0.3 is 9.31 Å². The molecule has 1 aliphatic heterocycles. The Balaban J connectivity index is 2.06. The Labute approximate surface area is 113 Å². The van der Waals surface area contributed by atoms with E-state index in [2.05, 4.69) is 4.98 Å². The van der Waals surface area contributed by atoms with Gasteiger partial charge in [0, 0.05) is 6.20 Å². The molecule has 0 bridgehead atoms. The van der Waals surface area contributed by atoms with Crippen LogP contribution in [0.3, 0.4) is 0 Å². The molecule has 0 atom stereocenters. The van der Waals surface area contributed by atoms with Crippen LogP contribution >= 0.6 is 11.6 Å². The fraction of sp³-hybridized carbons (Fsp3) is 0.462. The molecule has 1 aromatic heterocycles. The van der Waals surface area contributed by atoms with Crippen molar-refractivity contribution in [3.8, 4) is 0 Å². The van der Waals surface area contributed by atoms with E-state index < -0.39 is 0 Å². The topological polar surface area (TPSA) is 31.4 Å². The zero-order chi connectivity index (χ0) is 13.4. The van der Waals surface area contributed by atoms with Gasteiger partial charge in [0.1, 0.15) is 5.15 Å².